The lowest BCUT2D eigenvalue weighted by Crippen LogP contribution is -2.40. The molecule has 0 bridgehead atoms. The van der Waals surface area contributed by atoms with E-state index in [0.717, 1.165) is 17.6 Å². The Bertz CT molecular complexity index is 426. The van der Waals surface area contributed by atoms with Crippen molar-refractivity contribution in [2.75, 3.05) is 13.1 Å². The molecule has 0 amide bonds. The number of fused-ring (bicyclic) bond motifs is 1. The van der Waals surface area contributed by atoms with Crippen LogP contribution in [-0.4, -0.2) is 30.1 Å². The number of hydrogen-bond donors (Lipinski definition) is 1. The molecule has 3 rings (SSSR count). The van der Waals surface area contributed by atoms with Crippen LogP contribution >= 0.6 is 0 Å². The fraction of sp³-hybridized carbons (Fsp3) is 0.733. The minimum atomic E-state index is 0.396. The molecular formula is C15H24N2O. The second-order valence-electron chi connectivity index (χ2n) is 5.90. The first-order valence-electron chi connectivity index (χ1n) is 7.22. The van der Waals surface area contributed by atoms with Gasteiger partial charge in [-0.05, 0) is 52.6 Å². The summed E-state index contributed by atoms with van der Waals surface area (Å²) < 4.78 is 5.64. The Morgan fingerprint density at radius 2 is 2.17 bits per heavy atom. The van der Waals surface area contributed by atoms with Gasteiger partial charge in [-0.15, -0.1) is 0 Å². The summed E-state index contributed by atoms with van der Waals surface area (Å²) in [4.78, 5) is 2.65. The fourth-order valence-electron chi connectivity index (χ4n) is 3.77. The van der Waals surface area contributed by atoms with Crippen LogP contribution in [0.1, 0.15) is 49.3 Å². The largest absolute Gasteiger partial charge is 0.466 e. The highest BCUT2D eigenvalue weighted by Crippen LogP contribution is 2.30. The third kappa shape index (κ3) is 2.10. The molecule has 18 heavy (non-hydrogen) atoms. The maximum atomic E-state index is 5.64. The summed E-state index contributed by atoms with van der Waals surface area (Å²) in [6.45, 7) is 8.93. The van der Waals surface area contributed by atoms with Gasteiger partial charge in [0.2, 0.25) is 0 Å². The lowest BCUT2D eigenvalue weighted by molar-refractivity contribution is 0.291. The SMILES string of the molecule is Cc1cc(C(C)NC2CCN3CCCC23)c(C)o1. The predicted molar refractivity (Wildman–Crippen MR) is 72.7 cm³/mol. The van der Waals surface area contributed by atoms with Gasteiger partial charge >= 0.3 is 0 Å². The Labute approximate surface area is 110 Å². The van der Waals surface area contributed by atoms with Gasteiger partial charge in [0, 0.05) is 30.2 Å². The zero-order valence-electron chi connectivity index (χ0n) is 11.7. The summed E-state index contributed by atoms with van der Waals surface area (Å²) in [7, 11) is 0. The van der Waals surface area contributed by atoms with Gasteiger partial charge in [-0.2, -0.15) is 0 Å². The molecule has 2 saturated heterocycles. The van der Waals surface area contributed by atoms with Gasteiger partial charge in [-0.1, -0.05) is 0 Å². The van der Waals surface area contributed by atoms with Crippen LogP contribution in [0.5, 0.6) is 0 Å². The molecule has 2 fully saturated rings. The maximum Gasteiger partial charge on any atom is 0.105 e. The van der Waals surface area contributed by atoms with Gasteiger partial charge < -0.3 is 9.73 Å². The van der Waals surface area contributed by atoms with Crippen molar-refractivity contribution in [1.82, 2.24) is 10.2 Å². The Morgan fingerprint density at radius 1 is 1.33 bits per heavy atom. The first-order chi connectivity index (χ1) is 8.65. The Balaban J connectivity index is 1.67. The number of nitrogens with zero attached hydrogens (tertiary/aromatic N) is 1. The van der Waals surface area contributed by atoms with Gasteiger partial charge in [0.1, 0.15) is 11.5 Å². The summed E-state index contributed by atoms with van der Waals surface area (Å²) in [6, 6.07) is 4.01. The summed E-state index contributed by atoms with van der Waals surface area (Å²) in [5, 5.41) is 3.82. The zero-order valence-corrected chi connectivity index (χ0v) is 11.7. The van der Waals surface area contributed by atoms with E-state index >= 15 is 0 Å². The minimum Gasteiger partial charge on any atom is -0.466 e. The van der Waals surface area contributed by atoms with Crippen LogP contribution < -0.4 is 5.32 Å². The third-order valence-electron chi connectivity index (χ3n) is 4.62. The van der Waals surface area contributed by atoms with Crippen molar-refractivity contribution in [2.45, 2.75) is 58.2 Å². The van der Waals surface area contributed by atoms with Crippen molar-refractivity contribution in [1.29, 1.82) is 0 Å². The standard InChI is InChI=1S/C15H24N2O/c1-10-9-13(12(3)18-10)11(2)16-14-6-8-17-7-4-5-15(14)17/h9,11,14-16H,4-8H2,1-3H3. The van der Waals surface area contributed by atoms with Crippen molar-refractivity contribution in [3.63, 3.8) is 0 Å². The highest BCUT2D eigenvalue weighted by Gasteiger charge is 2.37. The molecule has 0 spiro atoms. The van der Waals surface area contributed by atoms with Crippen LogP contribution in [0.4, 0.5) is 0 Å². The molecule has 3 atom stereocenters. The number of furan rings is 1. The molecule has 1 aromatic heterocycles. The van der Waals surface area contributed by atoms with Gasteiger partial charge in [-0.25, -0.2) is 0 Å². The molecule has 2 aliphatic heterocycles. The van der Waals surface area contributed by atoms with Crippen molar-refractivity contribution < 1.29 is 4.42 Å². The minimum absolute atomic E-state index is 0.396. The Morgan fingerprint density at radius 3 is 2.89 bits per heavy atom. The highest BCUT2D eigenvalue weighted by atomic mass is 16.3. The first-order valence-corrected chi connectivity index (χ1v) is 7.22. The van der Waals surface area contributed by atoms with Crippen LogP contribution in [0.25, 0.3) is 0 Å². The molecule has 1 N–H and O–H groups in total. The summed E-state index contributed by atoms with van der Waals surface area (Å²) in [6.07, 6.45) is 4.04. The van der Waals surface area contributed by atoms with Gasteiger partial charge in [0.15, 0.2) is 0 Å². The highest BCUT2D eigenvalue weighted by molar-refractivity contribution is 5.23. The van der Waals surface area contributed by atoms with Gasteiger partial charge in [-0.3, -0.25) is 4.90 Å². The van der Waals surface area contributed by atoms with Crippen LogP contribution in [0.3, 0.4) is 0 Å². The lowest BCUT2D eigenvalue weighted by Gasteiger charge is -2.25. The van der Waals surface area contributed by atoms with Crippen molar-refractivity contribution in [3.05, 3.63) is 23.2 Å². The molecule has 3 heteroatoms. The summed E-state index contributed by atoms with van der Waals surface area (Å²) >= 11 is 0. The van der Waals surface area contributed by atoms with E-state index < -0.39 is 0 Å². The van der Waals surface area contributed by atoms with Crippen molar-refractivity contribution in [2.24, 2.45) is 0 Å². The number of rotatable bonds is 3. The molecule has 0 aliphatic carbocycles. The van der Waals surface area contributed by atoms with Crippen molar-refractivity contribution in [3.8, 4) is 0 Å². The van der Waals surface area contributed by atoms with Crippen LogP contribution in [0, 0.1) is 13.8 Å². The van der Waals surface area contributed by atoms with E-state index in [2.05, 4.69) is 30.1 Å². The maximum absolute atomic E-state index is 5.64. The smallest absolute Gasteiger partial charge is 0.105 e. The lowest BCUT2D eigenvalue weighted by atomic mass is 10.0. The van der Waals surface area contributed by atoms with E-state index in [4.69, 9.17) is 4.42 Å². The van der Waals surface area contributed by atoms with Gasteiger partial charge in [0.05, 0.1) is 0 Å². The monoisotopic (exact) mass is 248 g/mol. The van der Waals surface area contributed by atoms with Crippen LogP contribution in [0.15, 0.2) is 10.5 Å². The van der Waals surface area contributed by atoms with Gasteiger partial charge in [0.25, 0.3) is 0 Å². The van der Waals surface area contributed by atoms with Crippen LogP contribution in [-0.2, 0) is 0 Å². The van der Waals surface area contributed by atoms with E-state index in [9.17, 15) is 0 Å². The molecule has 0 radical (unpaired) electrons. The van der Waals surface area contributed by atoms with Crippen molar-refractivity contribution >= 4 is 0 Å². The number of aryl methyl sites for hydroxylation is 2. The predicted octanol–water partition coefficient (Wildman–Crippen LogP) is 2.78. The second-order valence-corrected chi connectivity index (χ2v) is 5.90. The molecule has 0 saturated carbocycles. The van der Waals surface area contributed by atoms with E-state index in [1.165, 1.54) is 37.9 Å². The normalized spacial score (nSPS) is 29.7. The van der Waals surface area contributed by atoms with Crippen LogP contribution in [0.2, 0.25) is 0 Å². The summed E-state index contributed by atoms with van der Waals surface area (Å²) in [5.41, 5.74) is 1.32. The molecule has 3 nitrogen and oxygen atoms in total. The fourth-order valence-corrected chi connectivity index (χ4v) is 3.77. The molecule has 0 aromatic carbocycles. The van der Waals surface area contributed by atoms with E-state index in [0.29, 0.717) is 12.1 Å². The van der Waals surface area contributed by atoms with E-state index in [1.807, 2.05) is 6.92 Å². The molecule has 3 heterocycles. The van der Waals surface area contributed by atoms with E-state index in [1.54, 1.807) is 0 Å². The summed E-state index contributed by atoms with van der Waals surface area (Å²) in [5.74, 6) is 2.08. The number of hydrogen-bond acceptors (Lipinski definition) is 3. The molecular weight excluding hydrogens is 224 g/mol. The van der Waals surface area contributed by atoms with E-state index in [-0.39, 0.29) is 0 Å². The quantitative estimate of drug-likeness (QED) is 0.891. The first kappa shape index (κ1) is 12.2. The number of nitrogens with one attached hydrogen (secondary N) is 1. The topological polar surface area (TPSA) is 28.4 Å². The zero-order chi connectivity index (χ0) is 12.7. The third-order valence-corrected chi connectivity index (χ3v) is 4.62. The second kappa shape index (κ2) is 4.71. The molecule has 2 aliphatic rings. The molecule has 1 aromatic rings. The molecule has 3 unspecified atom stereocenters. The molecule has 100 valence electrons. The Hall–Kier alpha value is -0.800. The Kier molecular flexibility index (Phi) is 3.20. The average Bonchev–Trinajstić information content (AvgIpc) is 2.96. The average molecular weight is 248 g/mol.